The summed E-state index contributed by atoms with van der Waals surface area (Å²) in [7, 11) is 1.82. The monoisotopic (exact) mass is 337 g/mol. The summed E-state index contributed by atoms with van der Waals surface area (Å²) in [5.74, 6) is 0.628. The van der Waals surface area contributed by atoms with E-state index in [-0.39, 0.29) is 11.8 Å². The largest absolute Gasteiger partial charge is 0.317 e. The van der Waals surface area contributed by atoms with Crippen LogP contribution >= 0.6 is 0 Å². The fourth-order valence-corrected chi connectivity index (χ4v) is 3.03. The molecule has 3 aromatic heterocycles. The van der Waals surface area contributed by atoms with Gasteiger partial charge in [0.15, 0.2) is 0 Å². The number of aromatic nitrogens is 5. The van der Waals surface area contributed by atoms with Crippen molar-refractivity contribution in [1.82, 2.24) is 30.3 Å². The fourth-order valence-electron chi connectivity index (χ4n) is 3.03. The van der Waals surface area contributed by atoms with E-state index in [1.807, 2.05) is 25.4 Å². The Balaban J connectivity index is 1.59. The molecule has 0 spiro atoms. The summed E-state index contributed by atoms with van der Waals surface area (Å²) in [6, 6.07) is 3.83. The fraction of sp³-hybridized carbons (Fsp3) is 0.353. The van der Waals surface area contributed by atoms with Gasteiger partial charge in [0.1, 0.15) is 11.5 Å². The van der Waals surface area contributed by atoms with Gasteiger partial charge in [0.2, 0.25) is 5.91 Å². The van der Waals surface area contributed by atoms with E-state index in [1.54, 1.807) is 17.1 Å². The van der Waals surface area contributed by atoms with Gasteiger partial charge in [0.25, 0.3) is 0 Å². The summed E-state index contributed by atoms with van der Waals surface area (Å²) >= 11 is 0. The van der Waals surface area contributed by atoms with E-state index in [4.69, 9.17) is 0 Å². The minimum absolute atomic E-state index is 0.0337. The van der Waals surface area contributed by atoms with Crippen LogP contribution in [0.3, 0.4) is 0 Å². The van der Waals surface area contributed by atoms with Gasteiger partial charge in [-0.1, -0.05) is 5.21 Å². The quantitative estimate of drug-likeness (QED) is 0.749. The number of pyridine rings is 2. The van der Waals surface area contributed by atoms with Crippen molar-refractivity contribution in [3.8, 4) is 11.3 Å². The van der Waals surface area contributed by atoms with Gasteiger partial charge >= 0.3 is 0 Å². The highest BCUT2D eigenvalue weighted by Gasteiger charge is 2.21. The van der Waals surface area contributed by atoms with Gasteiger partial charge in [-0.15, -0.1) is 5.10 Å². The molecule has 25 heavy (non-hydrogen) atoms. The number of fused-ring (bicyclic) bond motifs is 1. The summed E-state index contributed by atoms with van der Waals surface area (Å²) in [5.41, 5.74) is 2.41. The van der Waals surface area contributed by atoms with Crippen LogP contribution in [0.1, 0.15) is 12.8 Å². The Kier molecular flexibility index (Phi) is 4.10. The maximum absolute atomic E-state index is 12.4. The van der Waals surface area contributed by atoms with Gasteiger partial charge < -0.3 is 10.6 Å². The van der Waals surface area contributed by atoms with E-state index in [2.05, 4.69) is 30.9 Å². The molecule has 1 aliphatic rings. The molecule has 8 heteroatoms. The number of carbonyl (C=O) groups is 1. The normalized spacial score (nSPS) is 15.4. The first kappa shape index (κ1) is 15.6. The van der Waals surface area contributed by atoms with Crippen LogP contribution in [0.4, 0.5) is 5.82 Å². The average molecular weight is 337 g/mol. The molecule has 0 unspecified atom stereocenters. The smallest absolute Gasteiger partial charge is 0.228 e. The van der Waals surface area contributed by atoms with E-state index < -0.39 is 0 Å². The van der Waals surface area contributed by atoms with Gasteiger partial charge in [-0.2, -0.15) is 0 Å². The Morgan fingerprint density at radius 1 is 1.24 bits per heavy atom. The number of anilines is 1. The van der Waals surface area contributed by atoms with Crippen LogP contribution in [-0.4, -0.2) is 44.0 Å². The number of nitrogens with zero attached hydrogens (tertiary/aromatic N) is 5. The molecular formula is C17H19N7O. The van der Waals surface area contributed by atoms with Crippen molar-refractivity contribution in [3.63, 3.8) is 0 Å². The number of hydrogen-bond acceptors (Lipinski definition) is 6. The number of nitrogens with one attached hydrogen (secondary N) is 2. The molecule has 1 amide bonds. The van der Waals surface area contributed by atoms with Gasteiger partial charge in [-0.3, -0.25) is 14.5 Å². The van der Waals surface area contributed by atoms with Crippen molar-refractivity contribution in [2.75, 3.05) is 18.4 Å². The molecule has 0 atom stereocenters. The number of amides is 1. The van der Waals surface area contributed by atoms with Crippen LogP contribution in [0.2, 0.25) is 0 Å². The Bertz CT molecular complexity index is 914. The molecule has 128 valence electrons. The summed E-state index contributed by atoms with van der Waals surface area (Å²) in [6.45, 7) is 1.77. The molecule has 4 heterocycles. The Morgan fingerprint density at radius 2 is 2.08 bits per heavy atom. The van der Waals surface area contributed by atoms with E-state index in [1.165, 1.54) is 0 Å². The Morgan fingerprint density at radius 3 is 2.84 bits per heavy atom. The molecule has 1 saturated heterocycles. The number of hydrogen-bond donors (Lipinski definition) is 2. The van der Waals surface area contributed by atoms with Crippen molar-refractivity contribution in [1.29, 1.82) is 0 Å². The predicted octanol–water partition coefficient (Wildman–Crippen LogP) is 1.36. The number of rotatable bonds is 3. The minimum Gasteiger partial charge on any atom is -0.317 e. The van der Waals surface area contributed by atoms with Gasteiger partial charge in [0.05, 0.1) is 17.9 Å². The summed E-state index contributed by atoms with van der Waals surface area (Å²) in [6.07, 6.45) is 6.98. The van der Waals surface area contributed by atoms with Gasteiger partial charge in [-0.05, 0) is 38.1 Å². The van der Waals surface area contributed by atoms with Crippen LogP contribution in [0.5, 0.6) is 0 Å². The first-order chi connectivity index (χ1) is 12.2. The Labute approximate surface area is 144 Å². The maximum atomic E-state index is 12.4. The topological polar surface area (TPSA) is 97.6 Å². The lowest BCUT2D eigenvalue weighted by Crippen LogP contribution is -2.34. The minimum atomic E-state index is 0.0337. The highest BCUT2D eigenvalue weighted by Crippen LogP contribution is 2.22. The number of carbonyl (C=O) groups excluding carboxylic acids is 1. The first-order valence-electron chi connectivity index (χ1n) is 8.33. The number of aryl methyl sites for hydroxylation is 1. The molecule has 3 aromatic rings. The van der Waals surface area contributed by atoms with E-state index in [0.717, 1.165) is 48.1 Å². The van der Waals surface area contributed by atoms with E-state index in [0.29, 0.717) is 5.82 Å². The average Bonchev–Trinajstić information content (AvgIpc) is 3.08. The van der Waals surface area contributed by atoms with Crippen molar-refractivity contribution in [3.05, 3.63) is 30.7 Å². The van der Waals surface area contributed by atoms with Gasteiger partial charge in [-0.25, -0.2) is 4.98 Å². The highest BCUT2D eigenvalue weighted by atomic mass is 16.1. The Hall–Kier alpha value is -2.87. The third-order valence-corrected chi connectivity index (χ3v) is 4.43. The van der Waals surface area contributed by atoms with Gasteiger partial charge in [0, 0.05) is 30.1 Å². The molecular weight excluding hydrogens is 318 g/mol. The molecule has 1 aliphatic heterocycles. The summed E-state index contributed by atoms with van der Waals surface area (Å²) in [5, 5.41) is 15.1. The molecule has 0 aliphatic carbocycles. The standard InChI is InChI=1S/C17H19N7O/c1-24-10-15(22-23-24)13-6-12-7-16(20-9-14(12)19-8-13)21-17(25)11-2-4-18-5-3-11/h6-11,18H,2-5H2,1H3,(H,20,21,25). The van der Waals surface area contributed by atoms with E-state index >= 15 is 0 Å². The third-order valence-electron chi connectivity index (χ3n) is 4.43. The summed E-state index contributed by atoms with van der Waals surface area (Å²) in [4.78, 5) is 21.1. The molecule has 8 nitrogen and oxygen atoms in total. The molecule has 4 rings (SSSR count). The van der Waals surface area contributed by atoms with Crippen molar-refractivity contribution < 1.29 is 4.79 Å². The zero-order chi connectivity index (χ0) is 17.2. The lowest BCUT2D eigenvalue weighted by Gasteiger charge is -2.21. The second kappa shape index (κ2) is 6.56. The van der Waals surface area contributed by atoms with Crippen LogP contribution in [0.25, 0.3) is 22.2 Å². The third kappa shape index (κ3) is 3.34. The molecule has 0 radical (unpaired) electrons. The van der Waals surface area contributed by atoms with Crippen LogP contribution in [-0.2, 0) is 11.8 Å². The second-order valence-corrected chi connectivity index (χ2v) is 6.28. The van der Waals surface area contributed by atoms with E-state index in [9.17, 15) is 4.79 Å². The van der Waals surface area contributed by atoms with Crippen molar-refractivity contribution in [2.45, 2.75) is 12.8 Å². The van der Waals surface area contributed by atoms with Crippen molar-refractivity contribution >= 4 is 22.6 Å². The molecule has 0 bridgehead atoms. The lowest BCUT2D eigenvalue weighted by molar-refractivity contribution is -0.120. The molecule has 2 N–H and O–H groups in total. The predicted molar refractivity (Wildman–Crippen MR) is 93.8 cm³/mol. The molecule has 1 fully saturated rings. The van der Waals surface area contributed by atoms with Crippen molar-refractivity contribution in [2.24, 2.45) is 13.0 Å². The van der Waals surface area contributed by atoms with Crippen LogP contribution in [0.15, 0.2) is 30.7 Å². The molecule has 0 saturated carbocycles. The lowest BCUT2D eigenvalue weighted by atomic mass is 9.97. The van der Waals surface area contributed by atoms with Crippen LogP contribution in [0, 0.1) is 5.92 Å². The van der Waals surface area contributed by atoms with Crippen LogP contribution < -0.4 is 10.6 Å². The first-order valence-corrected chi connectivity index (χ1v) is 8.33. The highest BCUT2D eigenvalue weighted by molar-refractivity contribution is 5.94. The second-order valence-electron chi connectivity index (χ2n) is 6.28. The SMILES string of the molecule is Cn1cc(-c2cnc3cnc(NC(=O)C4CCNCC4)cc3c2)nn1. The number of piperidine rings is 1. The zero-order valence-electron chi connectivity index (χ0n) is 13.9. The molecule has 0 aromatic carbocycles. The zero-order valence-corrected chi connectivity index (χ0v) is 13.9. The maximum Gasteiger partial charge on any atom is 0.228 e. The summed E-state index contributed by atoms with van der Waals surface area (Å²) < 4.78 is 1.65.